The molecule has 0 N–H and O–H groups in total. The Morgan fingerprint density at radius 2 is 1.58 bits per heavy atom. The van der Waals surface area contributed by atoms with Gasteiger partial charge >= 0.3 is 0 Å². The van der Waals surface area contributed by atoms with Crippen molar-refractivity contribution in [2.24, 2.45) is 0 Å². The van der Waals surface area contributed by atoms with E-state index in [1.165, 1.54) is 22.3 Å². The Hall–Kier alpha value is -0.550. The summed E-state index contributed by atoms with van der Waals surface area (Å²) in [6.07, 6.45) is 0. The summed E-state index contributed by atoms with van der Waals surface area (Å²) in [7, 11) is 2.30. The van der Waals surface area contributed by atoms with E-state index in [0.717, 1.165) is 5.75 Å². The molecule has 0 radical (unpaired) electrons. The van der Waals surface area contributed by atoms with E-state index >= 15 is 0 Å². The van der Waals surface area contributed by atoms with Crippen LogP contribution in [0.5, 0.6) is 5.75 Å². The normalized spacial score (nSPS) is 10.1. The lowest BCUT2D eigenvalue weighted by Gasteiger charge is -2.12. The van der Waals surface area contributed by atoms with Crippen LogP contribution < -0.4 is 4.52 Å². The van der Waals surface area contributed by atoms with Gasteiger partial charge in [0.25, 0.3) is 0 Å². The molecule has 0 fully saturated rings. The van der Waals surface area contributed by atoms with Crippen LogP contribution in [0, 0.1) is 27.7 Å². The van der Waals surface area contributed by atoms with E-state index in [0.29, 0.717) is 0 Å². The Kier molecular flexibility index (Phi) is 2.74. The first-order chi connectivity index (χ1) is 5.57. The highest BCUT2D eigenvalue weighted by molar-refractivity contribution is 7.10. The summed E-state index contributed by atoms with van der Waals surface area (Å²) in [5.41, 5.74) is 5.09. The van der Waals surface area contributed by atoms with Gasteiger partial charge in [-0.15, -0.1) is 0 Å². The van der Waals surface area contributed by atoms with Gasteiger partial charge in [0.1, 0.15) is 5.75 Å². The van der Waals surface area contributed by atoms with Gasteiger partial charge in [0.15, 0.2) is 0 Å². The van der Waals surface area contributed by atoms with Gasteiger partial charge in [-0.05, 0) is 49.9 Å². The molecule has 1 aromatic rings. The van der Waals surface area contributed by atoms with E-state index < -0.39 is 0 Å². The van der Waals surface area contributed by atoms with Gasteiger partial charge in [-0.3, -0.25) is 0 Å². The largest absolute Gasteiger partial charge is 0.480 e. The topological polar surface area (TPSA) is 9.23 Å². The first-order valence-corrected chi connectivity index (χ1v) is 4.49. The summed E-state index contributed by atoms with van der Waals surface area (Å²) in [6, 6.07) is 2.15. The van der Waals surface area contributed by atoms with Crippen LogP contribution in [0.4, 0.5) is 0 Å². The minimum absolute atomic E-state index is 0.989. The second-order valence-electron chi connectivity index (χ2n) is 3.21. The fraction of sp³-hybridized carbons (Fsp3) is 0.400. The molecule has 0 amide bonds. The second-order valence-corrected chi connectivity index (χ2v) is 3.44. The average molecular weight is 182 g/mol. The molecule has 0 aliphatic rings. The van der Waals surface area contributed by atoms with Crippen molar-refractivity contribution < 1.29 is 4.52 Å². The highest BCUT2D eigenvalue weighted by Gasteiger charge is 2.07. The molecule has 12 heavy (non-hydrogen) atoms. The second kappa shape index (κ2) is 3.45. The van der Waals surface area contributed by atoms with Crippen molar-refractivity contribution in [3.63, 3.8) is 0 Å². The van der Waals surface area contributed by atoms with Gasteiger partial charge in [-0.2, -0.15) is 0 Å². The number of aryl methyl sites for hydroxylation is 2. The van der Waals surface area contributed by atoms with Crippen molar-refractivity contribution in [1.82, 2.24) is 0 Å². The van der Waals surface area contributed by atoms with Gasteiger partial charge in [0.05, 0.1) is 9.47 Å². The molecule has 1 atom stereocenters. The fourth-order valence-corrected chi connectivity index (χ4v) is 1.80. The first kappa shape index (κ1) is 9.54. The molecule has 2 heteroatoms. The Labute approximate surface area is 76.4 Å². The number of rotatable bonds is 1. The monoisotopic (exact) mass is 182 g/mol. The molecule has 1 nitrogen and oxygen atoms in total. The quantitative estimate of drug-likeness (QED) is 0.606. The highest BCUT2D eigenvalue weighted by atomic mass is 31.0. The Morgan fingerprint density at radius 3 is 2.08 bits per heavy atom. The van der Waals surface area contributed by atoms with Crippen molar-refractivity contribution in [2.75, 3.05) is 0 Å². The molecular weight excluding hydrogens is 167 g/mol. The van der Waals surface area contributed by atoms with Crippen molar-refractivity contribution in [2.45, 2.75) is 27.7 Å². The smallest absolute Gasteiger partial charge is 0.128 e. The average Bonchev–Trinajstić information content (AvgIpc) is 2.01. The molecule has 66 valence electrons. The summed E-state index contributed by atoms with van der Waals surface area (Å²) >= 11 is 0. The molecule has 1 aromatic carbocycles. The standard InChI is InChI=1S/C10H15OP/c1-6-5-7(2)10(11-12)9(4)8(6)3/h5H,12H2,1-4H3. The van der Waals surface area contributed by atoms with Crippen LogP contribution in [0.1, 0.15) is 22.3 Å². The van der Waals surface area contributed by atoms with Gasteiger partial charge in [0, 0.05) is 0 Å². The van der Waals surface area contributed by atoms with E-state index in [1.54, 1.807) is 0 Å². The molecule has 0 heterocycles. The third-order valence-electron chi connectivity index (χ3n) is 2.40. The molecule has 0 aromatic heterocycles. The summed E-state index contributed by atoms with van der Waals surface area (Å²) in [6.45, 7) is 8.41. The molecule has 1 unspecified atom stereocenters. The van der Waals surface area contributed by atoms with Crippen LogP contribution in [0.3, 0.4) is 0 Å². The lowest BCUT2D eigenvalue weighted by molar-refractivity contribution is 0.631. The Bertz CT molecular complexity index is 305. The van der Waals surface area contributed by atoms with Crippen LogP contribution >= 0.6 is 9.47 Å². The summed E-state index contributed by atoms with van der Waals surface area (Å²) in [5.74, 6) is 0.989. The van der Waals surface area contributed by atoms with Gasteiger partial charge in [0.2, 0.25) is 0 Å². The van der Waals surface area contributed by atoms with E-state index in [1.807, 2.05) is 0 Å². The maximum absolute atomic E-state index is 5.23. The molecule has 1 rings (SSSR count). The third kappa shape index (κ3) is 1.47. The van der Waals surface area contributed by atoms with E-state index in [2.05, 4.69) is 43.2 Å². The zero-order valence-electron chi connectivity index (χ0n) is 8.06. The molecule has 0 saturated carbocycles. The third-order valence-corrected chi connectivity index (χ3v) is 2.64. The zero-order valence-corrected chi connectivity index (χ0v) is 9.22. The Balaban J connectivity index is 3.40. The maximum atomic E-state index is 5.23. The predicted molar refractivity (Wildman–Crippen MR) is 55.7 cm³/mol. The van der Waals surface area contributed by atoms with E-state index in [-0.39, 0.29) is 0 Å². The number of benzene rings is 1. The Morgan fingerprint density at radius 1 is 1.00 bits per heavy atom. The minimum Gasteiger partial charge on any atom is -0.480 e. The molecule has 0 bridgehead atoms. The number of hydrogen-bond donors (Lipinski definition) is 0. The van der Waals surface area contributed by atoms with Crippen molar-refractivity contribution in [1.29, 1.82) is 0 Å². The molecule has 0 aliphatic heterocycles. The van der Waals surface area contributed by atoms with E-state index in [4.69, 9.17) is 4.52 Å². The summed E-state index contributed by atoms with van der Waals surface area (Å²) < 4.78 is 5.23. The van der Waals surface area contributed by atoms with Crippen LogP contribution in [-0.2, 0) is 0 Å². The minimum atomic E-state index is 0.989. The summed E-state index contributed by atoms with van der Waals surface area (Å²) in [5, 5.41) is 0. The van der Waals surface area contributed by atoms with E-state index in [9.17, 15) is 0 Å². The van der Waals surface area contributed by atoms with Gasteiger partial charge < -0.3 is 4.52 Å². The van der Waals surface area contributed by atoms with Crippen LogP contribution in [0.2, 0.25) is 0 Å². The fourth-order valence-electron chi connectivity index (χ4n) is 1.44. The zero-order chi connectivity index (χ0) is 9.30. The number of hydrogen-bond acceptors (Lipinski definition) is 1. The SMILES string of the molecule is Cc1cc(C)c(OP)c(C)c1C. The lowest BCUT2D eigenvalue weighted by Crippen LogP contribution is -1.92. The summed E-state index contributed by atoms with van der Waals surface area (Å²) in [4.78, 5) is 0. The van der Waals surface area contributed by atoms with Crippen molar-refractivity contribution in [3.8, 4) is 5.75 Å². The molecule has 0 aliphatic carbocycles. The maximum Gasteiger partial charge on any atom is 0.128 e. The van der Waals surface area contributed by atoms with Crippen LogP contribution in [0.15, 0.2) is 6.07 Å². The van der Waals surface area contributed by atoms with Gasteiger partial charge in [-0.25, -0.2) is 0 Å². The first-order valence-electron chi connectivity index (χ1n) is 4.02. The molecule has 0 spiro atoms. The highest BCUT2D eigenvalue weighted by Crippen LogP contribution is 2.29. The predicted octanol–water partition coefficient (Wildman–Crippen LogP) is 3.09. The van der Waals surface area contributed by atoms with Crippen molar-refractivity contribution in [3.05, 3.63) is 28.3 Å². The lowest BCUT2D eigenvalue weighted by atomic mass is 10.00. The molecule has 0 saturated heterocycles. The van der Waals surface area contributed by atoms with Crippen LogP contribution in [-0.4, -0.2) is 0 Å². The van der Waals surface area contributed by atoms with Crippen LogP contribution in [0.25, 0.3) is 0 Å². The molecular formula is C10H15OP. The van der Waals surface area contributed by atoms with Gasteiger partial charge in [-0.1, -0.05) is 6.07 Å². The van der Waals surface area contributed by atoms with Crippen molar-refractivity contribution >= 4 is 9.47 Å².